The summed E-state index contributed by atoms with van der Waals surface area (Å²) in [5.74, 6) is 0.738. The summed E-state index contributed by atoms with van der Waals surface area (Å²) in [7, 11) is 3.26. The zero-order valence-corrected chi connectivity index (χ0v) is 17.9. The second kappa shape index (κ2) is 8.75. The lowest BCUT2D eigenvalue weighted by Gasteiger charge is -2.21. The Balaban J connectivity index is 1.60. The van der Waals surface area contributed by atoms with Crippen molar-refractivity contribution >= 4 is 11.6 Å². The SMILES string of the molecule is COc1cc(-c2nc3c(c(N(C)CC(=O)Cc4ccc(C)nc4)n2)CCC3)ncc1F. The molecule has 0 atom stereocenters. The number of aromatic nitrogens is 4. The number of anilines is 1. The number of fused-ring (bicyclic) bond motifs is 1. The maximum atomic E-state index is 13.8. The molecule has 0 amide bonds. The van der Waals surface area contributed by atoms with E-state index in [2.05, 4.69) is 15.0 Å². The first kappa shape index (κ1) is 20.8. The average Bonchev–Trinajstić information content (AvgIpc) is 3.23. The van der Waals surface area contributed by atoms with Crippen LogP contribution < -0.4 is 9.64 Å². The second-order valence-electron chi connectivity index (χ2n) is 7.73. The van der Waals surface area contributed by atoms with Gasteiger partial charge in [0.05, 0.1) is 19.9 Å². The molecule has 8 heteroatoms. The van der Waals surface area contributed by atoms with E-state index >= 15 is 0 Å². The van der Waals surface area contributed by atoms with Crippen molar-refractivity contribution in [2.45, 2.75) is 32.6 Å². The van der Waals surface area contributed by atoms with Crippen LogP contribution in [0.2, 0.25) is 0 Å². The Kier molecular flexibility index (Phi) is 5.88. The number of pyridine rings is 2. The van der Waals surface area contributed by atoms with Crippen molar-refractivity contribution < 1.29 is 13.9 Å². The minimum absolute atomic E-state index is 0.0710. The van der Waals surface area contributed by atoms with Crippen molar-refractivity contribution in [1.82, 2.24) is 19.9 Å². The molecule has 31 heavy (non-hydrogen) atoms. The van der Waals surface area contributed by atoms with Gasteiger partial charge in [0, 0.05) is 42.7 Å². The fourth-order valence-corrected chi connectivity index (χ4v) is 3.77. The van der Waals surface area contributed by atoms with Gasteiger partial charge in [-0.25, -0.2) is 19.3 Å². The summed E-state index contributed by atoms with van der Waals surface area (Å²) in [6.45, 7) is 2.13. The van der Waals surface area contributed by atoms with Gasteiger partial charge in [0.15, 0.2) is 23.2 Å². The molecule has 0 N–H and O–H groups in total. The monoisotopic (exact) mass is 421 g/mol. The quantitative estimate of drug-likeness (QED) is 0.580. The molecule has 0 saturated carbocycles. The molecular formula is C23H24FN5O2. The second-order valence-corrected chi connectivity index (χ2v) is 7.73. The fraction of sp³-hybridized carbons (Fsp3) is 0.348. The van der Waals surface area contributed by atoms with Crippen molar-refractivity contribution in [3.63, 3.8) is 0 Å². The standard InChI is InChI=1S/C23H24FN5O2/c1-14-7-8-15(11-25-14)9-16(30)13-29(2)23-17-5-4-6-19(17)27-22(28-23)20-10-21(31-3)18(24)12-26-20/h7-8,10-12H,4-6,9,13H2,1-3H3. The molecule has 0 bridgehead atoms. The minimum atomic E-state index is -0.541. The highest BCUT2D eigenvalue weighted by atomic mass is 19.1. The molecule has 160 valence electrons. The van der Waals surface area contributed by atoms with Gasteiger partial charge in [0.25, 0.3) is 0 Å². The number of ketones is 1. The molecule has 0 fully saturated rings. The molecule has 1 aliphatic carbocycles. The number of carbonyl (C=O) groups is 1. The van der Waals surface area contributed by atoms with Crippen LogP contribution in [0.5, 0.6) is 5.75 Å². The van der Waals surface area contributed by atoms with E-state index in [1.165, 1.54) is 13.2 Å². The van der Waals surface area contributed by atoms with E-state index in [-0.39, 0.29) is 18.1 Å². The number of likely N-dealkylation sites (N-methyl/N-ethyl adjacent to an activating group) is 1. The van der Waals surface area contributed by atoms with E-state index in [4.69, 9.17) is 9.72 Å². The number of hydrogen-bond acceptors (Lipinski definition) is 7. The molecule has 0 aromatic carbocycles. The van der Waals surface area contributed by atoms with Crippen molar-refractivity contribution in [1.29, 1.82) is 0 Å². The zero-order valence-electron chi connectivity index (χ0n) is 17.9. The number of aryl methyl sites for hydroxylation is 2. The number of nitrogens with zero attached hydrogens (tertiary/aromatic N) is 5. The number of Topliss-reactive ketones (excluding diaryl/α,β-unsaturated/α-hetero) is 1. The van der Waals surface area contributed by atoms with E-state index in [0.29, 0.717) is 17.9 Å². The smallest absolute Gasteiger partial charge is 0.183 e. The molecule has 3 aromatic rings. The highest BCUT2D eigenvalue weighted by Crippen LogP contribution is 2.31. The van der Waals surface area contributed by atoms with Crippen LogP contribution in [0.1, 0.15) is 28.9 Å². The van der Waals surface area contributed by atoms with Gasteiger partial charge >= 0.3 is 0 Å². The van der Waals surface area contributed by atoms with Gasteiger partial charge in [-0.3, -0.25) is 9.78 Å². The maximum absolute atomic E-state index is 13.8. The predicted molar refractivity (Wildman–Crippen MR) is 115 cm³/mol. The lowest BCUT2D eigenvalue weighted by atomic mass is 10.1. The summed E-state index contributed by atoms with van der Waals surface area (Å²) in [6, 6.07) is 5.32. The Bertz CT molecular complexity index is 1120. The highest BCUT2D eigenvalue weighted by molar-refractivity contribution is 5.85. The van der Waals surface area contributed by atoms with Gasteiger partial charge in [0.2, 0.25) is 0 Å². The van der Waals surface area contributed by atoms with E-state index in [9.17, 15) is 9.18 Å². The third-order valence-corrected chi connectivity index (χ3v) is 5.33. The van der Waals surface area contributed by atoms with Crippen LogP contribution in [0.25, 0.3) is 11.5 Å². The van der Waals surface area contributed by atoms with E-state index in [1.54, 1.807) is 6.20 Å². The zero-order chi connectivity index (χ0) is 22.0. The van der Waals surface area contributed by atoms with E-state index < -0.39 is 5.82 Å². The van der Waals surface area contributed by atoms with E-state index in [1.807, 2.05) is 31.0 Å². The van der Waals surface area contributed by atoms with Gasteiger partial charge in [0.1, 0.15) is 11.5 Å². The third-order valence-electron chi connectivity index (χ3n) is 5.33. The van der Waals surface area contributed by atoms with Gasteiger partial charge in [-0.1, -0.05) is 6.07 Å². The molecule has 3 heterocycles. The first-order chi connectivity index (χ1) is 14.9. The van der Waals surface area contributed by atoms with Crippen molar-refractivity contribution in [3.05, 3.63) is 58.9 Å². The summed E-state index contributed by atoms with van der Waals surface area (Å²) in [5, 5.41) is 0. The summed E-state index contributed by atoms with van der Waals surface area (Å²) in [5.41, 5.74) is 4.25. The first-order valence-electron chi connectivity index (χ1n) is 10.2. The molecular weight excluding hydrogens is 397 g/mol. The van der Waals surface area contributed by atoms with Crippen LogP contribution in [0.3, 0.4) is 0 Å². The van der Waals surface area contributed by atoms with Crippen LogP contribution >= 0.6 is 0 Å². The number of methoxy groups -OCH3 is 1. The molecule has 0 unspecified atom stereocenters. The van der Waals surface area contributed by atoms with E-state index in [0.717, 1.165) is 53.8 Å². The molecule has 7 nitrogen and oxygen atoms in total. The van der Waals surface area contributed by atoms with Crippen molar-refractivity contribution in [2.24, 2.45) is 0 Å². The predicted octanol–water partition coefficient (Wildman–Crippen LogP) is 3.13. The highest BCUT2D eigenvalue weighted by Gasteiger charge is 2.24. The number of rotatable bonds is 7. The van der Waals surface area contributed by atoms with Gasteiger partial charge in [-0.05, 0) is 37.8 Å². The number of carbonyl (C=O) groups excluding carboxylic acids is 1. The Morgan fingerprint density at radius 2 is 2.03 bits per heavy atom. The lowest BCUT2D eigenvalue weighted by Crippen LogP contribution is -2.28. The Hall–Kier alpha value is -3.42. The van der Waals surface area contributed by atoms with Gasteiger partial charge in [-0.15, -0.1) is 0 Å². The molecule has 0 spiro atoms. The van der Waals surface area contributed by atoms with Crippen LogP contribution in [-0.4, -0.2) is 46.4 Å². The summed E-state index contributed by atoms with van der Waals surface area (Å²) in [6.07, 6.45) is 5.85. The van der Waals surface area contributed by atoms with Crippen molar-refractivity contribution in [2.75, 3.05) is 25.6 Å². The molecule has 4 rings (SSSR count). The van der Waals surface area contributed by atoms with Crippen LogP contribution in [-0.2, 0) is 24.1 Å². The number of hydrogen-bond donors (Lipinski definition) is 0. The van der Waals surface area contributed by atoms with Gasteiger partial charge in [-0.2, -0.15) is 0 Å². The number of halogens is 1. The topological polar surface area (TPSA) is 81.1 Å². The van der Waals surface area contributed by atoms with Crippen LogP contribution in [0, 0.1) is 12.7 Å². The maximum Gasteiger partial charge on any atom is 0.183 e. The Morgan fingerprint density at radius 3 is 2.77 bits per heavy atom. The normalized spacial score (nSPS) is 12.5. The minimum Gasteiger partial charge on any atom is -0.494 e. The Morgan fingerprint density at radius 1 is 1.19 bits per heavy atom. The molecule has 0 saturated heterocycles. The number of ether oxygens (including phenoxy) is 1. The third kappa shape index (κ3) is 4.52. The largest absolute Gasteiger partial charge is 0.494 e. The average molecular weight is 421 g/mol. The molecule has 0 aliphatic heterocycles. The van der Waals surface area contributed by atoms with Crippen LogP contribution in [0.15, 0.2) is 30.6 Å². The summed E-state index contributed by atoms with van der Waals surface area (Å²) >= 11 is 0. The fourth-order valence-electron chi connectivity index (χ4n) is 3.77. The Labute approximate surface area is 180 Å². The molecule has 3 aromatic heterocycles. The van der Waals surface area contributed by atoms with Crippen molar-refractivity contribution in [3.8, 4) is 17.3 Å². The summed E-state index contributed by atoms with van der Waals surface area (Å²) in [4.78, 5) is 32.3. The molecule has 1 aliphatic rings. The summed E-state index contributed by atoms with van der Waals surface area (Å²) < 4.78 is 18.8. The van der Waals surface area contributed by atoms with Gasteiger partial charge < -0.3 is 9.64 Å². The molecule has 0 radical (unpaired) electrons. The lowest BCUT2D eigenvalue weighted by molar-refractivity contribution is -0.117. The first-order valence-corrected chi connectivity index (χ1v) is 10.2. The van der Waals surface area contributed by atoms with Crippen LogP contribution in [0.4, 0.5) is 10.2 Å².